The Morgan fingerprint density at radius 1 is 1.35 bits per heavy atom. The van der Waals surface area contributed by atoms with Gasteiger partial charge in [0.1, 0.15) is 0 Å². The molecule has 1 saturated heterocycles. The number of aromatic nitrogens is 1. The lowest BCUT2D eigenvalue weighted by molar-refractivity contribution is 0.152. The summed E-state index contributed by atoms with van der Waals surface area (Å²) in [5, 5.41) is 7.08. The van der Waals surface area contributed by atoms with E-state index in [4.69, 9.17) is 0 Å². The van der Waals surface area contributed by atoms with E-state index < -0.39 is 0 Å². The molecule has 122 valence electrons. The first-order valence-electron chi connectivity index (χ1n) is 8.25. The molecular weight excluding hydrogens is 304 g/mol. The average Bonchev–Trinajstić information content (AvgIpc) is 2.97. The minimum Gasteiger partial charge on any atom is -0.296 e. The van der Waals surface area contributed by atoms with E-state index in [-0.39, 0.29) is 0 Å². The smallest absolute Gasteiger partial charge is 0.203 e. The Morgan fingerprint density at radius 2 is 2.17 bits per heavy atom. The number of hydrazone groups is 1. The Morgan fingerprint density at radius 3 is 2.87 bits per heavy atom. The fourth-order valence-electron chi connectivity index (χ4n) is 2.90. The van der Waals surface area contributed by atoms with Crippen molar-refractivity contribution in [2.45, 2.75) is 45.7 Å². The molecule has 1 aliphatic rings. The zero-order valence-corrected chi connectivity index (χ0v) is 14.6. The standard InChI is InChI=1S/C18H24N4S/c1-14-13-23-18(20-14)21-19-11-16-6-8-17(9-7-16)12-22-10-4-3-5-15(22)2/h6-9,11,13,15H,3-5,10,12H2,1-2H3,(H,20,21). The molecule has 5 heteroatoms. The number of rotatable bonds is 5. The third-order valence-electron chi connectivity index (χ3n) is 4.30. The van der Waals surface area contributed by atoms with Crippen LogP contribution in [0.4, 0.5) is 5.13 Å². The van der Waals surface area contributed by atoms with Gasteiger partial charge in [-0.3, -0.25) is 10.3 Å². The second kappa shape index (κ2) is 7.70. The van der Waals surface area contributed by atoms with E-state index in [1.165, 1.54) is 31.4 Å². The van der Waals surface area contributed by atoms with Crippen molar-refractivity contribution in [1.29, 1.82) is 0 Å². The number of likely N-dealkylation sites (tertiary alicyclic amines) is 1. The van der Waals surface area contributed by atoms with Gasteiger partial charge in [-0.25, -0.2) is 4.98 Å². The van der Waals surface area contributed by atoms with E-state index in [0.29, 0.717) is 6.04 Å². The van der Waals surface area contributed by atoms with Crippen LogP contribution in [-0.4, -0.2) is 28.7 Å². The zero-order valence-electron chi connectivity index (χ0n) is 13.8. The number of nitrogens with zero attached hydrogens (tertiary/aromatic N) is 3. The Balaban J connectivity index is 1.54. The lowest BCUT2D eigenvalue weighted by Gasteiger charge is -2.33. The summed E-state index contributed by atoms with van der Waals surface area (Å²) in [6.07, 6.45) is 5.87. The highest BCUT2D eigenvalue weighted by atomic mass is 32.1. The summed E-state index contributed by atoms with van der Waals surface area (Å²) in [6.45, 7) is 6.59. The summed E-state index contributed by atoms with van der Waals surface area (Å²) in [7, 11) is 0. The highest BCUT2D eigenvalue weighted by Gasteiger charge is 2.17. The number of hydrogen-bond acceptors (Lipinski definition) is 5. The second-order valence-electron chi connectivity index (χ2n) is 6.22. The van der Waals surface area contributed by atoms with Gasteiger partial charge >= 0.3 is 0 Å². The Hall–Kier alpha value is -1.72. The summed E-state index contributed by atoms with van der Waals surface area (Å²) in [5.41, 5.74) is 6.46. The molecule has 1 aromatic heterocycles. The fourth-order valence-corrected chi connectivity index (χ4v) is 3.54. The van der Waals surface area contributed by atoms with E-state index in [0.717, 1.165) is 22.9 Å². The van der Waals surface area contributed by atoms with Crippen molar-refractivity contribution < 1.29 is 0 Å². The zero-order chi connectivity index (χ0) is 16.1. The first-order chi connectivity index (χ1) is 11.2. The van der Waals surface area contributed by atoms with Crippen LogP contribution in [0.5, 0.6) is 0 Å². The maximum absolute atomic E-state index is 4.32. The first-order valence-corrected chi connectivity index (χ1v) is 9.13. The minimum absolute atomic E-state index is 0.705. The first kappa shape index (κ1) is 16.1. The van der Waals surface area contributed by atoms with Gasteiger partial charge in [-0.1, -0.05) is 30.7 Å². The largest absolute Gasteiger partial charge is 0.296 e. The van der Waals surface area contributed by atoms with Crippen LogP contribution in [0.2, 0.25) is 0 Å². The summed E-state index contributed by atoms with van der Waals surface area (Å²) < 4.78 is 0. The summed E-state index contributed by atoms with van der Waals surface area (Å²) in [6, 6.07) is 9.37. The molecule has 23 heavy (non-hydrogen) atoms. The molecule has 1 N–H and O–H groups in total. The van der Waals surface area contributed by atoms with Crippen molar-refractivity contribution in [3.05, 3.63) is 46.5 Å². The molecule has 2 aromatic rings. The summed E-state index contributed by atoms with van der Waals surface area (Å²) >= 11 is 1.57. The SMILES string of the molecule is Cc1csc(NN=Cc2ccc(CN3CCCCC3C)cc2)n1. The molecule has 0 radical (unpaired) electrons. The molecule has 0 amide bonds. The van der Waals surface area contributed by atoms with Crippen LogP contribution in [0.1, 0.15) is 43.0 Å². The molecule has 4 nitrogen and oxygen atoms in total. The van der Waals surface area contributed by atoms with Gasteiger partial charge in [-0.15, -0.1) is 11.3 Å². The lowest BCUT2D eigenvalue weighted by Crippen LogP contribution is -2.36. The number of piperidine rings is 1. The van der Waals surface area contributed by atoms with Crippen molar-refractivity contribution in [3.8, 4) is 0 Å². The topological polar surface area (TPSA) is 40.5 Å². The van der Waals surface area contributed by atoms with Crippen molar-refractivity contribution in [2.24, 2.45) is 5.10 Å². The van der Waals surface area contributed by atoms with Crippen molar-refractivity contribution in [2.75, 3.05) is 12.0 Å². The van der Waals surface area contributed by atoms with E-state index in [1.54, 1.807) is 11.3 Å². The molecule has 1 fully saturated rings. The highest BCUT2D eigenvalue weighted by Crippen LogP contribution is 2.19. The molecule has 1 atom stereocenters. The molecule has 0 bridgehead atoms. The van der Waals surface area contributed by atoms with Crippen molar-refractivity contribution in [3.63, 3.8) is 0 Å². The van der Waals surface area contributed by atoms with E-state index >= 15 is 0 Å². The van der Waals surface area contributed by atoms with Crippen molar-refractivity contribution >= 4 is 22.7 Å². The number of anilines is 1. The molecule has 3 rings (SSSR count). The van der Waals surface area contributed by atoms with Gasteiger partial charge in [0.25, 0.3) is 0 Å². The van der Waals surface area contributed by atoms with Crippen LogP contribution in [0.25, 0.3) is 0 Å². The highest BCUT2D eigenvalue weighted by molar-refractivity contribution is 7.13. The van der Waals surface area contributed by atoms with Gasteiger partial charge in [-0.2, -0.15) is 5.10 Å². The van der Waals surface area contributed by atoms with Crippen LogP contribution in [0, 0.1) is 6.92 Å². The van der Waals surface area contributed by atoms with Crippen LogP contribution >= 0.6 is 11.3 Å². The quantitative estimate of drug-likeness (QED) is 0.658. The molecule has 0 saturated carbocycles. The number of thiazole rings is 1. The van der Waals surface area contributed by atoms with Gasteiger partial charge < -0.3 is 0 Å². The molecule has 1 aromatic carbocycles. The lowest BCUT2D eigenvalue weighted by atomic mass is 10.0. The molecule has 2 heterocycles. The molecule has 1 aliphatic heterocycles. The predicted molar refractivity (Wildman–Crippen MR) is 98.2 cm³/mol. The minimum atomic E-state index is 0.705. The van der Waals surface area contributed by atoms with Gasteiger partial charge in [0, 0.05) is 18.0 Å². The maximum Gasteiger partial charge on any atom is 0.203 e. The van der Waals surface area contributed by atoms with Gasteiger partial charge in [0.15, 0.2) is 0 Å². The number of nitrogens with one attached hydrogen (secondary N) is 1. The molecule has 1 unspecified atom stereocenters. The van der Waals surface area contributed by atoms with Gasteiger partial charge in [0.05, 0.1) is 11.9 Å². The van der Waals surface area contributed by atoms with Crippen LogP contribution in [0.15, 0.2) is 34.7 Å². The normalized spacial score (nSPS) is 19.3. The van der Waals surface area contributed by atoms with E-state index in [9.17, 15) is 0 Å². The van der Waals surface area contributed by atoms with Crippen LogP contribution in [0.3, 0.4) is 0 Å². The maximum atomic E-state index is 4.32. The van der Waals surface area contributed by atoms with Crippen LogP contribution in [-0.2, 0) is 6.54 Å². The molecule has 0 aliphatic carbocycles. The Kier molecular flexibility index (Phi) is 5.41. The summed E-state index contributed by atoms with van der Waals surface area (Å²) in [4.78, 5) is 6.90. The van der Waals surface area contributed by atoms with Crippen molar-refractivity contribution in [1.82, 2.24) is 9.88 Å². The van der Waals surface area contributed by atoms with Gasteiger partial charge in [-0.05, 0) is 44.4 Å². The monoisotopic (exact) mass is 328 g/mol. The Bertz CT molecular complexity index is 647. The van der Waals surface area contributed by atoms with E-state index in [2.05, 4.69) is 51.6 Å². The van der Waals surface area contributed by atoms with E-state index in [1.807, 2.05) is 18.5 Å². The fraction of sp³-hybridized carbons (Fsp3) is 0.444. The third kappa shape index (κ3) is 4.62. The number of benzene rings is 1. The molecule has 0 spiro atoms. The van der Waals surface area contributed by atoms with Crippen LogP contribution < -0.4 is 5.43 Å². The van der Waals surface area contributed by atoms with Gasteiger partial charge in [0.2, 0.25) is 5.13 Å². The summed E-state index contributed by atoms with van der Waals surface area (Å²) in [5.74, 6) is 0. The molecular formula is C18H24N4S. The third-order valence-corrected chi connectivity index (χ3v) is 5.16. The number of hydrogen-bond donors (Lipinski definition) is 1. The Labute approximate surface area is 142 Å². The second-order valence-corrected chi connectivity index (χ2v) is 7.08. The predicted octanol–water partition coefficient (Wildman–Crippen LogP) is 4.27. The average molecular weight is 328 g/mol. The number of aryl methyl sites for hydroxylation is 1.